The summed E-state index contributed by atoms with van der Waals surface area (Å²) in [4.78, 5) is 0. The second-order valence-corrected chi connectivity index (χ2v) is 6.61. The summed E-state index contributed by atoms with van der Waals surface area (Å²) in [5, 5.41) is 3.76. The average Bonchev–Trinajstić information content (AvgIpc) is 3.49. The third-order valence-electron chi connectivity index (χ3n) is 4.61. The number of methoxy groups -OCH3 is 1. The van der Waals surface area contributed by atoms with Crippen molar-refractivity contribution in [3.63, 3.8) is 0 Å². The largest absolute Gasteiger partial charge is 2.00 e. The van der Waals surface area contributed by atoms with Crippen LogP contribution in [0.15, 0.2) is 60.7 Å². The van der Waals surface area contributed by atoms with Crippen LogP contribution in [0, 0.1) is 63.7 Å². The van der Waals surface area contributed by atoms with Gasteiger partial charge in [0, 0.05) is 19.1 Å². The quantitative estimate of drug-likeness (QED) is 0.622. The Kier molecular flexibility index (Phi) is 11.6. The standard InChI is InChI=1S/C21H22NO.C5H5.Fe/c1-23-16-20(17-10-4-2-5-11-17)22-21(19-14-8-9-15-19)18-12-6-3-7-13-18;1-2-4-5-3-1;/h2-15,20-22H,16H2,1H3;1-5H;/q;;+2/t20-,21+;;/m1../s1. The summed E-state index contributed by atoms with van der Waals surface area (Å²) in [5.41, 5.74) is 2.50. The summed E-state index contributed by atoms with van der Waals surface area (Å²) in [7, 11) is 1.75. The summed E-state index contributed by atoms with van der Waals surface area (Å²) in [6.45, 7) is 0.633. The Morgan fingerprint density at radius 3 is 1.66 bits per heavy atom. The first-order chi connectivity index (χ1) is 13.9. The molecule has 1 N–H and O–H groups in total. The maximum absolute atomic E-state index is 5.45. The number of rotatable bonds is 7. The van der Waals surface area contributed by atoms with Crippen molar-refractivity contribution in [3.05, 3.63) is 135 Å². The van der Waals surface area contributed by atoms with E-state index in [1.807, 2.05) is 38.2 Å². The van der Waals surface area contributed by atoms with E-state index >= 15 is 0 Å². The molecule has 2 atom stereocenters. The van der Waals surface area contributed by atoms with Gasteiger partial charge in [0.25, 0.3) is 0 Å². The van der Waals surface area contributed by atoms with Crippen molar-refractivity contribution in [3.8, 4) is 0 Å². The number of ether oxygens (including phenoxy) is 1. The smallest absolute Gasteiger partial charge is 0.383 e. The van der Waals surface area contributed by atoms with E-state index in [9.17, 15) is 0 Å². The molecule has 2 aromatic carbocycles. The minimum atomic E-state index is 0. The zero-order valence-electron chi connectivity index (χ0n) is 16.6. The molecule has 3 heteroatoms. The van der Waals surface area contributed by atoms with Crippen molar-refractivity contribution in [2.24, 2.45) is 0 Å². The molecule has 0 saturated heterocycles. The molecule has 0 amide bonds. The van der Waals surface area contributed by atoms with Crippen LogP contribution in [0.25, 0.3) is 0 Å². The van der Waals surface area contributed by atoms with Crippen molar-refractivity contribution in [1.82, 2.24) is 5.32 Å². The van der Waals surface area contributed by atoms with E-state index in [0.717, 1.165) is 0 Å². The van der Waals surface area contributed by atoms with Gasteiger partial charge in [-0.1, -0.05) is 60.7 Å². The van der Waals surface area contributed by atoms with Crippen LogP contribution in [-0.4, -0.2) is 13.7 Å². The Hall–Kier alpha value is -1.12. The SMILES string of the molecule is COC[C@@H](N[C@H]([C]1[CH][CH][CH][CH]1)c1ccccc1)c1ccccc1.[CH]1[CH][CH][CH][CH]1.[Fe+2]. The predicted octanol–water partition coefficient (Wildman–Crippen LogP) is 5.13. The Morgan fingerprint density at radius 2 is 1.17 bits per heavy atom. The molecule has 29 heavy (non-hydrogen) atoms. The van der Waals surface area contributed by atoms with Gasteiger partial charge in [0.1, 0.15) is 0 Å². The molecular weight excluding hydrogens is 398 g/mol. The van der Waals surface area contributed by atoms with E-state index in [1.54, 1.807) is 7.11 Å². The van der Waals surface area contributed by atoms with Gasteiger partial charge in [0.05, 0.1) is 12.6 Å². The summed E-state index contributed by atoms with van der Waals surface area (Å²) in [6.07, 6.45) is 18.5. The van der Waals surface area contributed by atoms with Gasteiger partial charge in [-0.25, -0.2) is 0 Å². The first-order valence-corrected chi connectivity index (χ1v) is 9.61. The number of hydrogen-bond donors (Lipinski definition) is 1. The molecule has 2 nitrogen and oxygen atoms in total. The number of nitrogens with one attached hydrogen (secondary N) is 1. The Balaban J connectivity index is 0.000000437. The van der Waals surface area contributed by atoms with Crippen LogP contribution in [0.1, 0.15) is 23.2 Å². The molecule has 0 unspecified atom stereocenters. The molecule has 0 bridgehead atoms. The first-order valence-electron chi connectivity index (χ1n) is 9.61. The number of benzene rings is 2. The zero-order valence-corrected chi connectivity index (χ0v) is 17.7. The normalized spacial score (nSPS) is 18.4. The van der Waals surface area contributed by atoms with Crippen molar-refractivity contribution < 1.29 is 21.8 Å². The minimum absolute atomic E-state index is 0. The van der Waals surface area contributed by atoms with Crippen molar-refractivity contribution in [2.45, 2.75) is 12.1 Å². The third kappa shape index (κ3) is 7.90. The molecule has 2 aliphatic rings. The molecule has 2 fully saturated rings. The summed E-state index contributed by atoms with van der Waals surface area (Å²) in [5.74, 6) is 1.27. The molecule has 0 spiro atoms. The van der Waals surface area contributed by atoms with Gasteiger partial charge in [-0.05, 0) is 68.9 Å². The number of hydrogen-bond acceptors (Lipinski definition) is 2. The molecule has 4 rings (SSSR count). The van der Waals surface area contributed by atoms with E-state index in [1.165, 1.54) is 17.0 Å². The topological polar surface area (TPSA) is 21.3 Å². The molecular formula is C26H27FeNO+2. The molecule has 0 aromatic heterocycles. The molecule has 0 aliphatic heterocycles. The van der Waals surface area contributed by atoms with Crippen LogP contribution in [0.3, 0.4) is 0 Å². The second kappa shape index (κ2) is 14.0. The second-order valence-electron chi connectivity index (χ2n) is 6.61. The van der Waals surface area contributed by atoms with Gasteiger partial charge in [-0.2, -0.15) is 0 Å². The molecule has 148 valence electrons. The summed E-state index contributed by atoms with van der Waals surface area (Å²) in [6, 6.07) is 21.3. The zero-order chi connectivity index (χ0) is 19.4. The van der Waals surface area contributed by atoms with Crippen molar-refractivity contribution in [1.29, 1.82) is 0 Å². The maximum Gasteiger partial charge on any atom is 2.00 e. The van der Waals surface area contributed by atoms with E-state index in [-0.39, 0.29) is 29.2 Å². The molecule has 2 saturated carbocycles. The molecule has 0 heterocycles. The Morgan fingerprint density at radius 1 is 0.690 bits per heavy atom. The summed E-state index contributed by atoms with van der Waals surface area (Å²) < 4.78 is 5.45. The first kappa shape index (κ1) is 24.2. The van der Waals surface area contributed by atoms with Crippen LogP contribution in [0.5, 0.6) is 0 Å². The van der Waals surface area contributed by atoms with Crippen LogP contribution in [-0.2, 0) is 21.8 Å². The fourth-order valence-electron chi connectivity index (χ4n) is 3.23. The minimum Gasteiger partial charge on any atom is -0.383 e. The third-order valence-corrected chi connectivity index (χ3v) is 4.61. The molecule has 2 aliphatic carbocycles. The maximum atomic E-state index is 5.45. The molecule has 2 aromatic rings. The van der Waals surface area contributed by atoms with Gasteiger partial charge in [-0.3, -0.25) is 0 Å². The van der Waals surface area contributed by atoms with E-state index in [0.29, 0.717) is 6.61 Å². The van der Waals surface area contributed by atoms with Gasteiger partial charge < -0.3 is 10.1 Å². The van der Waals surface area contributed by atoms with Crippen LogP contribution in [0.2, 0.25) is 0 Å². The Bertz CT molecular complexity index is 631. The molecule has 10 radical (unpaired) electrons. The van der Waals surface area contributed by atoms with E-state index < -0.39 is 0 Å². The van der Waals surface area contributed by atoms with Gasteiger partial charge in [-0.15, -0.1) is 0 Å². The van der Waals surface area contributed by atoms with Crippen LogP contribution in [0.4, 0.5) is 0 Å². The van der Waals surface area contributed by atoms with Crippen molar-refractivity contribution >= 4 is 0 Å². The van der Waals surface area contributed by atoms with Gasteiger partial charge in [0.15, 0.2) is 0 Å². The van der Waals surface area contributed by atoms with E-state index in [2.05, 4.69) is 85.6 Å². The average molecular weight is 425 g/mol. The Labute approximate surface area is 188 Å². The van der Waals surface area contributed by atoms with Gasteiger partial charge >= 0.3 is 17.1 Å². The van der Waals surface area contributed by atoms with E-state index in [4.69, 9.17) is 4.74 Å². The van der Waals surface area contributed by atoms with Crippen LogP contribution < -0.4 is 5.32 Å². The predicted molar refractivity (Wildman–Crippen MR) is 115 cm³/mol. The van der Waals surface area contributed by atoms with Crippen LogP contribution >= 0.6 is 0 Å². The van der Waals surface area contributed by atoms with Crippen molar-refractivity contribution in [2.75, 3.05) is 13.7 Å². The fraction of sp³-hybridized carbons (Fsp3) is 0.154. The van der Waals surface area contributed by atoms with Gasteiger partial charge in [0.2, 0.25) is 0 Å². The monoisotopic (exact) mass is 425 g/mol. The summed E-state index contributed by atoms with van der Waals surface area (Å²) >= 11 is 0. The fourth-order valence-corrected chi connectivity index (χ4v) is 3.23.